The number of rotatable bonds is 6. The number of hydrogen-bond acceptors (Lipinski definition) is 2. The van der Waals surface area contributed by atoms with Gasteiger partial charge in [-0.2, -0.15) is 0 Å². The van der Waals surface area contributed by atoms with E-state index in [1.807, 2.05) is 54.9 Å². The first-order chi connectivity index (χ1) is 13.2. The van der Waals surface area contributed by atoms with Crippen molar-refractivity contribution in [1.82, 2.24) is 20.2 Å². The van der Waals surface area contributed by atoms with Gasteiger partial charge in [0.25, 0.3) is 0 Å². The van der Waals surface area contributed by atoms with Crippen molar-refractivity contribution in [2.24, 2.45) is 4.99 Å². The van der Waals surface area contributed by atoms with Gasteiger partial charge in [0.15, 0.2) is 5.96 Å². The van der Waals surface area contributed by atoms with E-state index < -0.39 is 0 Å². The van der Waals surface area contributed by atoms with Gasteiger partial charge < -0.3 is 15.2 Å². The van der Waals surface area contributed by atoms with Gasteiger partial charge in [0.05, 0.1) is 12.6 Å². The zero-order chi connectivity index (χ0) is 19.1. The second-order valence-corrected chi connectivity index (χ2v) is 6.74. The first-order valence-electron chi connectivity index (χ1n) is 8.92. The summed E-state index contributed by atoms with van der Waals surface area (Å²) in [4.78, 5) is 8.78. The summed E-state index contributed by atoms with van der Waals surface area (Å²) < 4.78 is 2.13. The largest absolute Gasteiger partial charge is 0.350 e. The molecule has 2 N–H and O–H groups in total. The number of imidazole rings is 1. The zero-order valence-corrected chi connectivity index (χ0v) is 16.3. The molecule has 0 fully saturated rings. The molecule has 2 aromatic carbocycles. The first kappa shape index (κ1) is 19.0. The molecule has 27 heavy (non-hydrogen) atoms. The van der Waals surface area contributed by atoms with E-state index in [4.69, 9.17) is 11.6 Å². The summed E-state index contributed by atoms with van der Waals surface area (Å²) in [6.45, 7) is 3.46. The second-order valence-electron chi connectivity index (χ2n) is 6.30. The fourth-order valence-electron chi connectivity index (χ4n) is 2.85. The molecular weight excluding hydrogens is 358 g/mol. The van der Waals surface area contributed by atoms with E-state index in [-0.39, 0.29) is 6.04 Å². The quantitative estimate of drug-likeness (QED) is 0.501. The zero-order valence-electron chi connectivity index (χ0n) is 15.6. The van der Waals surface area contributed by atoms with Gasteiger partial charge in [0.2, 0.25) is 0 Å². The highest BCUT2D eigenvalue weighted by Gasteiger charge is 2.10. The molecule has 0 saturated carbocycles. The molecule has 5 nitrogen and oxygen atoms in total. The third kappa shape index (κ3) is 5.34. The molecule has 140 valence electrons. The first-order valence-corrected chi connectivity index (χ1v) is 9.30. The van der Waals surface area contributed by atoms with E-state index in [9.17, 15) is 0 Å². The Morgan fingerprint density at radius 3 is 2.74 bits per heavy atom. The topological polar surface area (TPSA) is 54.2 Å². The molecule has 0 aliphatic rings. The maximum atomic E-state index is 6.09. The Hall–Kier alpha value is -2.79. The lowest BCUT2D eigenvalue weighted by Crippen LogP contribution is -2.38. The van der Waals surface area contributed by atoms with E-state index in [2.05, 4.69) is 44.2 Å². The number of nitrogens with one attached hydrogen (secondary N) is 2. The molecule has 0 radical (unpaired) electrons. The lowest BCUT2D eigenvalue weighted by molar-refractivity contribution is 0.658. The van der Waals surface area contributed by atoms with Gasteiger partial charge >= 0.3 is 0 Å². The van der Waals surface area contributed by atoms with E-state index in [1.54, 1.807) is 7.05 Å². The highest BCUT2D eigenvalue weighted by molar-refractivity contribution is 6.30. The summed E-state index contributed by atoms with van der Waals surface area (Å²) in [5, 5.41) is 7.45. The molecule has 1 unspecified atom stereocenters. The Morgan fingerprint density at radius 1 is 1.19 bits per heavy atom. The minimum atomic E-state index is 0.0824. The molecule has 6 heteroatoms. The van der Waals surface area contributed by atoms with Crippen LogP contribution in [-0.4, -0.2) is 22.6 Å². The molecule has 0 aliphatic heterocycles. The smallest absolute Gasteiger partial charge is 0.191 e. The van der Waals surface area contributed by atoms with Crippen molar-refractivity contribution in [3.8, 4) is 0 Å². The molecule has 0 saturated heterocycles. The van der Waals surface area contributed by atoms with Crippen LogP contribution in [0.2, 0.25) is 5.02 Å². The summed E-state index contributed by atoms with van der Waals surface area (Å²) in [7, 11) is 1.76. The molecule has 3 rings (SSSR count). The van der Waals surface area contributed by atoms with Crippen molar-refractivity contribution in [2.75, 3.05) is 7.05 Å². The van der Waals surface area contributed by atoms with Gasteiger partial charge in [-0.15, -0.1) is 0 Å². The molecule has 0 spiro atoms. The van der Waals surface area contributed by atoms with Crippen molar-refractivity contribution >= 4 is 17.6 Å². The van der Waals surface area contributed by atoms with Gasteiger partial charge in [0, 0.05) is 31.0 Å². The normalized spacial score (nSPS) is 12.6. The van der Waals surface area contributed by atoms with E-state index in [0.717, 1.165) is 28.9 Å². The van der Waals surface area contributed by atoms with Crippen molar-refractivity contribution in [1.29, 1.82) is 0 Å². The molecule has 1 heterocycles. The standard InChI is InChI=1S/C21H24ClN5/c1-16(18-9-6-10-19(22)13-18)26-21(23-2)25-14-20-24-11-12-27(20)15-17-7-4-3-5-8-17/h3-13,16H,14-15H2,1-2H3,(H2,23,25,26). The number of aromatic nitrogens is 2. The Balaban J connectivity index is 1.59. The Kier molecular flexibility index (Phi) is 6.49. The number of halogens is 1. The maximum absolute atomic E-state index is 6.09. The van der Waals surface area contributed by atoms with E-state index in [0.29, 0.717) is 6.54 Å². The van der Waals surface area contributed by atoms with Crippen LogP contribution in [0, 0.1) is 0 Å². The van der Waals surface area contributed by atoms with Crippen LogP contribution in [0.1, 0.15) is 29.9 Å². The highest BCUT2D eigenvalue weighted by atomic mass is 35.5. The predicted octanol–water partition coefficient (Wildman–Crippen LogP) is 4.01. The lowest BCUT2D eigenvalue weighted by Gasteiger charge is -2.18. The Morgan fingerprint density at radius 2 is 2.00 bits per heavy atom. The molecule has 3 aromatic rings. The average molecular weight is 382 g/mol. The Bertz CT molecular complexity index is 888. The summed E-state index contributed by atoms with van der Waals surface area (Å²) in [6, 6.07) is 18.3. The van der Waals surface area contributed by atoms with E-state index >= 15 is 0 Å². The fourth-order valence-corrected chi connectivity index (χ4v) is 3.05. The van der Waals surface area contributed by atoms with Crippen molar-refractivity contribution in [3.63, 3.8) is 0 Å². The van der Waals surface area contributed by atoms with Crippen molar-refractivity contribution in [2.45, 2.75) is 26.1 Å². The molecular formula is C21H24ClN5. The van der Waals surface area contributed by atoms with Crippen LogP contribution < -0.4 is 10.6 Å². The fraction of sp³-hybridized carbons (Fsp3) is 0.238. The van der Waals surface area contributed by atoms with Crippen LogP contribution in [0.25, 0.3) is 0 Å². The third-order valence-electron chi connectivity index (χ3n) is 4.34. The molecule has 1 aromatic heterocycles. The maximum Gasteiger partial charge on any atom is 0.191 e. The number of nitrogens with zero attached hydrogens (tertiary/aromatic N) is 3. The average Bonchev–Trinajstić information content (AvgIpc) is 3.12. The summed E-state index contributed by atoms with van der Waals surface area (Å²) in [5.74, 6) is 1.67. The number of hydrogen-bond donors (Lipinski definition) is 2. The number of guanidine groups is 1. The van der Waals surface area contributed by atoms with Crippen LogP contribution >= 0.6 is 11.6 Å². The number of benzene rings is 2. The monoisotopic (exact) mass is 381 g/mol. The lowest BCUT2D eigenvalue weighted by atomic mass is 10.1. The van der Waals surface area contributed by atoms with Gasteiger partial charge in [-0.1, -0.05) is 54.1 Å². The Labute approximate surface area is 165 Å². The summed E-state index contributed by atoms with van der Waals surface area (Å²) >= 11 is 6.09. The highest BCUT2D eigenvalue weighted by Crippen LogP contribution is 2.17. The SMILES string of the molecule is CN=C(NCc1nccn1Cc1ccccc1)NC(C)c1cccc(Cl)c1. The van der Waals surface area contributed by atoms with Crippen LogP contribution in [-0.2, 0) is 13.1 Å². The van der Waals surface area contributed by atoms with Crippen LogP contribution in [0.3, 0.4) is 0 Å². The van der Waals surface area contributed by atoms with Gasteiger partial charge in [0.1, 0.15) is 5.82 Å². The molecule has 0 bridgehead atoms. The van der Waals surface area contributed by atoms with E-state index in [1.165, 1.54) is 5.56 Å². The summed E-state index contributed by atoms with van der Waals surface area (Å²) in [5.41, 5.74) is 2.35. The van der Waals surface area contributed by atoms with Crippen molar-refractivity contribution in [3.05, 3.63) is 89.0 Å². The van der Waals surface area contributed by atoms with Crippen LogP contribution in [0.4, 0.5) is 0 Å². The van der Waals surface area contributed by atoms with Gasteiger partial charge in [-0.05, 0) is 30.2 Å². The minimum absolute atomic E-state index is 0.0824. The summed E-state index contributed by atoms with van der Waals surface area (Å²) in [6.07, 6.45) is 3.82. The molecule has 0 aliphatic carbocycles. The second kappa shape index (κ2) is 9.24. The minimum Gasteiger partial charge on any atom is -0.350 e. The van der Waals surface area contributed by atoms with Gasteiger partial charge in [-0.3, -0.25) is 4.99 Å². The van der Waals surface area contributed by atoms with Crippen LogP contribution in [0.15, 0.2) is 72.0 Å². The molecule has 0 amide bonds. The van der Waals surface area contributed by atoms with Crippen molar-refractivity contribution < 1.29 is 0 Å². The number of aliphatic imine (C=N–C) groups is 1. The predicted molar refractivity (Wildman–Crippen MR) is 111 cm³/mol. The van der Waals surface area contributed by atoms with Gasteiger partial charge in [-0.25, -0.2) is 4.98 Å². The van der Waals surface area contributed by atoms with Crippen LogP contribution in [0.5, 0.6) is 0 Å². The molecule has 1 atom stereocenters. The third-order valence-corrected chi connectivity index (χ3v) is 4.57.